The van der Waals surface area contributed by atoms with E-state index in [2.05, 4.69) is 16.9 Å². The highest BCUT2D eigenvalue weighted by Crippen LogP contribution is 2.32. The zero-order valence-electron chi connectivity index (χ0n) is 11.4. The molecule has 0 radical (unpaired) electrons. The van der Waals surface area contributed by atoms with Gasteiger partial charge in [0.1, 0.15) is 12.4 Å². The lowest BCUT2D eigenvalue weighted by Gasteiger charge is -2.15. The van der Waals surface area contributed by atoms with Crippen LogP contribution < -0.4 is 9.46 Å². The van der Waals surface area contributed by atoms with Crippen molar-refractivity contribution in [3.63, 3.8) is 0 Å². The lowest BCUT2D eigenvalue weighted by molar-refractivity contribution is 0.322. The Morgan fingerprint density at radius 1 is 1.35 bits per heavy atom. The molecule has 2 rings (SSSR count). The first-order valence-corrected chi connectivity index (χ1v) is 10.5. The van der Waals surface area contributed by atoms with E-state index >= 15 is 0 Å². The summed E-state index contributed by atoms with van der Waals surface area (Å²) in [6, 6.07) is 6.13. The Bertz CT molecular complexity index is 546. The first kappa shape index (κ1) is 16.0. The minimum atomic E-state index is -3.14. The van der Waals surface area contributed by atoms with Crippen LogP contribution in [0.25, 0.3) is 0 Å². The highest BCUT2D eigenvalue weighted by atomic mass is 32.2. The van der Waals surface area contributed by atoms with Crippen molar-refractivity contribution in [1.29, 1.82) is 0 Å². The summed E-state index contributed by atoms with van der Waals surface area (Å²) in [4.78, 5) is 1.33. The summed E-state index contributed by atoms with van der Waals surface area (Å²) in [5.41, 5.74) is 1.31. The topological polar surface area (TPSA) is 55.4 Å². The smallest absolute Gasteiger partial charge is 0.208 e. The molecule has 0 spiro atoms. The predicted molar refractivity (Wildman–Crippen MR) is 86.3 cm³/mol. The van der Waals surface area contributed by atoms with Crippen LogP contribution in [0, 0.1) is 0 Å². The highest BCUT2D eigenvalue weighted by molar-refractivity contribution is 8.00. The number of nitrogens with one attached hydrogen (secondary N) is 1. The van der Waals surface area contributed by atoms with Crippen molar-refractivity contribution in [2.75, 3.05) is 30.9 Å². The third-order valence-corrected chi connectivity index (χ3v) is 5.74. The predicted octanol–water partition coefficient (Wildman–Crippen LogP) is 2.34. The van der Waals surface area contributed by atoms with Crippen LogP contribution in [0.1, 0.15) is 12.0 Å². The van der Waals surface area contributed by atoms with Crippen LogP contribution >= 0.6 is 23.5 Å². The van der Waals surface area contributed by atoms with Crippen LogP contribution in [0.5, 0.6) is 5.75 Å². The minimum absolute atomic E-state index is 0.291. The maximum Gasteiger partial charge on any atom is 0.208 e. The highest BCUT2D eigenvalue weighted by Gasteiger charge is 2.09. The van der Waals surface area contributed by atoms with Gasteiger partial charge in [0.15, 0.2) is 0 Å². The van der Waals surface area contributed by atoms with Crippen molar-refractivity contribution >= 4 is 33.5 Å². The molecule has 0 bridgehead atoms. The first-order valence-electron chi connectivity index (χ1n) is 6.45. The molecule has 0 unspecified atom stereocenters. The van der Waals surface area contributed by atoms with E-state index in [1.54, 1.807) is 0 Å². The standard InChI is InChI=1S/C13H19NO3S3/c1-20(15,16)14-5-6-17-12-3-4-13-11(9-12)10-18-7-2-8-19-13/h3-4,9,14H,2,5-8,10H2,1H3. The average Bonchev–Trinajstić information content (AvgIpc) is 2.35. The zero-order chi connectivity index (χ0) is 14.4. The van der Waals surface area contributed by atoms with Crippen LogP contribution in [0.4, 0.5) is 0 Å². The van der Waals surface area contributed by atoms with Crippen LogP contribution in [0.15, 0.2) is 23.1 Å². The van der Waals surface area contributed by atoms with Crippen LogP contribution in [-0.4, -0.2) is 39.3 Å². The molecule has 4 nitrogen and oxygen atoms in total. The van der Waals surface area contributed by atoms with E-state index in [0.717, 1.165) is 17.8 Å². The van der Waals surface area contributed by atoms with Gasteiger partial charge < -0.3 is 4.74 Å². The summed E-state index contributed by atoms with van der Waals surface area (Å²) < 4.78 is 29.9. The monoisotopic (exact) mass is 333 g/mol. The molecule has 0 atom stereocenters. The molecule has 1 aromatic rings. The van der Waals surface area contributed by atoms with Gasteiger partial charge in [-0.15, -0.1) is 11.8 Å². The van der Waals surface area contributed by atoms with Gasteiger partial charge >= 0.3 is 0 Å². The van der Waals surface area contributed by atoms with Gasteiger partial charge in [-0.1, -0.05) is 0 Å². The molecular formula is C13H19NO3S3. The Kier molecular flexibility index (Phi) is 6.07. The van der Waals surface area contributed by atoms with Crippen molar-refractivity contribution < 1.29 is 13.2 Å². The third-order valence-electron chi connectivity index (χ3n) is 2.72. The van der Waals surface area contributed by atoms with E-state index in [4.69, 9.17) is 4.74 Å². The molecule has 20 heavy (non-hydrogen) atoms. The fourth-order valence-electron chi connectivity index (χ4n) is 1.82. The van der Waals surface area contributed by atoms with Gasteiger partial charge in [-0.2, -0.15) is 11.8 Å². The van der Waals surface area contributed by atoms with Gasteiger partial charge in [-0.25, -0.2) is 13.1 Å². The SMILES string of the molecule is CS(=O)(=O)NCCOc1ccc2c(c1)CSCCCS2. The van der Waals surface area contributed by atoms with Crippen LogP contribution in [0.2, 0.25) is 0 Å². The summed E-state index contributed by atoms with van der Waals surface area (Å²) in [6.07, 6.45) is 2.40. The molecule has 1 N–H and O–H groups in total. The molecule has 112 valence electrons. The lowest BCUT2D eigenvalue weighted by atomic mass is 10.2. The maximum absolute atomic E-state index is 10.9. The van der Waals surface area contributed by atoms with E-state index < -0.39 is 10.0 Å². The lowest BCUT2D eigenvalue weighted by Crippen LogP contribution is -2.26. The number of hydrogen-bond acceptors (Lipinski definition) is 5. The first-order chi connectivity index (χ1) is 9.54. The Balaban J connectivity index is 1.91. The van der Waals surface area contributed by atoms with E-state index in [9.17, 15) is 8.42 Å². The Labute approximate surface area is 129 Å². The summed E-state index contributed by atoms with van der Waals surface area (Å²) in [7, 11) is -3.14. The van der Waals surface area contributed by atoms with Crippen molar-refractivity contribution in [1.82, 2.24) is 4.72 Å². The number of thioether (sulfide) groups is 2. The Morgan fingerprint density at radius 3 is 3.00 bits per heavy atom. The fourth-order valence-corrected chi connectivity index (χ4v) is 4.49. The van der Waals surface area contributed by atoms with Gasteiger partial charge in [0.25, 0.3) is 0 Å². The average molecular weight is 334 g/mol. The Hall–Kier alpha value is -0.370. The normalized spacial score (nSPS) is 16.1. The number of benzene rings is 1. The van der Waals surface area contributed by atoms with E-state index in [1.807, 2.05) is 29.6 Å². The van der Waals surface area contributed by atoms with Gasteiger partial charge in [-0.3, -0.25) is 0 Å². The minimum Gasteiger partial charge on any atom is -0.492 e. The summed E-state index contributed by atoms with van der Waals surface area (Å²) in [5, 5.41) is 0. The van der Waals surface area contributed by atoms with Gasteiger partial charge in [0.2, 0.25) is 10.0 Å². The molecule has 0 amide bonds. The van der Waals surface area contributed by atoms with E-state index in [1.165, 1.54) is 28.4 Å². The number of fused-ring (bicyclic) bond motifs is 1. The summed E-state index contributed by atoms with van der Waals surface area (Å²) in [5.74, 6) is 4.19. The van der Waals surface area contributed by atoms with Crippen molar-refractivity contribution in [2.24, 2.45) is 0 Å². The zero-order valence-corrected chi connectivity index (χ0v) is 13.9. The number of rotatable bonds is 5. The number of hydrogen-bond donors (Lipinski definition) is 1. The molecule has 1 heterocycles. The molecule has 1 aromatic carbocycles. The summed E-state index contributed by atoms with van der Waals surface area (Å²) >= 11 is 3.85. The molecule has 0 aromatic heterocycles. The molecule has 0 saturated carbocycles. The second kappa shape index (κ2) is 7.59. The molecule has 1 aliphatic heterocycles. The third kappa shape index (κ3) is 5.55. The van der Waals surface area contributed by atoms with Crippen molar-refractivity contribution in [2.45, 2.75) is 17.1 Å². The molecular weight excluding hydrogens is 314 g/mol. The maximum atomic E-state index is 10.9. The molecule has 0 saturated heterocycles. The van der Waals surface area contributed by atoms with Crippen LogP contribution in [0.3, 0.4) is 0 Å². The molecule has 7 heteroatoms. The van der Waals surface area contributed by atoms with Crippen molar-refractivity contribution in [3.8, 4) is 5.75 Å². The van der Waals surface area contributed by atoms with Gasteiger partial charge in [0, 0.05) is 17.2 Å². The Morgan fingerprint density at radius 2 is 2.20 bits per heavy atom. The number of ether oxygens (including phenoxy) is 1. The van der Waals surface area contributed by atoms with Gasteiger partial charge in [0.05, 0.1) is 6.26 Å². The van der Waals surface area contributed by atoms with Gasteiger partial charge in [-0.05, 0) is 41.7 Å². The second-order valence-corrected chi connectivity index (χ2v) is 8.61. The molecule has 1 aliphatic rings. The molecule has 0 fully saturated rings. The number of sulfonamides is 1. The quantitative estimate of drug-likeness (QED) is 0.838. The van der Waals surface area contributed by atoms with Crippen LogP contribution in [-0.2, 0) is 15.8 Å². The van der Waals surface area contributed by atoms with Crippen molar-refractivity contribution in [3.05, 3.63) is 23.8 Å². The van der Waals surface area contributed by atoms with E-state index in [0.29, 0.717) is 13.2 Å². The molecule has 0 aliphatic carbocycles. The fraction of sp³-hybridized carbons (Fsp3) is 0.538. The largest absolute Gasteiger partial charge is 0.492 e. The summed E-state index contributed by atoms with van der Waals surface area (Å²) in [6.45, 7) is 0.631. The van der Waals surface area contributed by atoms with E-state index in [-0.39, 0.29) is 0 Å². The second-order valence-electron chi connectivity index (χ2n) is 4.54.